The maximum Gasteiger partial charge on any atom is 0.0772 e. The zero-order valence-corrected chi connectivity index (χ0v) is 15.6. The molecule has 1 saturated heterocycles. The quantitative estimate of drug-likeness (QED) is 0.490. The minimum atomic E-state index is 0.834. The summed E-state index contributed by atoms with van der Waals surface area (Å²) in [7, 11) is 0. The highest BCUT2D eigenvalue weighted by atomic mass is 15.1. The number of para-hydroxylation sites is 1. The summed E-state index contributed by atoms with van der Waals surface area (Å²) < 4.78 is 0. The second-order valence-electron chi connectivity index (χ2n) is 6.90. The van der Waals surface area contributed by atoms with Gasteiger partial charge in [0.05, 0.1) is 11.0 Å². The van der Waals surface area contributed by atoms with Gasteiger partial charge in [-0.15, -0.1) is 0 Å². The fourth-order valence-electron chi connectivity index (χ4n) is 3.69. The summed E-state index contributed by atoms with van der Waals surface area (Å²) in [5, 5.41) is 2.26. The fourth-order valence-corrected chi connectivity index (χ4v) is 3.69. The number of hydrogen-bond acceptors (Lipinski definition) is 4. The lowest BCUT2D eigenvalue weighted by atomic mass is 10.1. The van der Waals surface area contributed by atoms with Gasteiger partial charge < -0.3 is 10.6 Å². The molecule has 0 radical (unpaired) electrons. The van der Waals surface area contributed by atoms with Gasteiger partial charge in [0.2, 0.25) is 0 Å². The van der Waals surface area contributed by atoms with Gasteiger partial charge in [-0.2, -0.15) is 0 Å². The van der Waals surface area contributed by atoms with Gasteiger partial charge in [0.1, 0.15) is 0 Å². The predicted octanol–water partition coefficient (Wildman–Crippen LogP) is 4.96. The number of nitrogen functional groups attached to an aromatic ring is 1. The Balaban J connectivity index is 0.000000153. The topological polar surface area (TPSA) is 55.0 Å². The van der Waals surface area contributed by atoms with Crippen LogP contribution < -0.4 is 10.6 Å². The third-order valence-electron chi connectivity index (χ3n) is 5.11. The Morgan fingerprint density at radius 1 is 0.889 bits per heavy atom. The minimum absolute atomic E-state index is 0.834. The van der Waals surface area contributed by atoms with E-state index in [1.54, 1.807) is 0 Å². The lowest BCUT2D eigenvalue weighted by Gasteiger charge is -2.21. The molecule has 0 atom stereocenters. The third-order valence-corrected chi connectivity index (χ3v) is 5.11. The molecule has 0 amide bonds. The third kappa shape index (κ3) is 3.56. The molecule has 5 rings (SSSR count). The van der Waals surface area contributed by atoms with Gasteiger partial charge in [0.15, 0.2) is 0 Å². The van der Waals surface area contributed by atoms with Crippen LogP contribution in [0.2, 0.25) is 0 Å². The number of nitrogens with two attached hydrogens (primary N) is 1. The maximum atomic E-state index is 6.13. The Kier molecular flexibility index (Phi) is 4.88. The Morgan fingerprint density at radius 3 is 2.41 bits per heavy atom. The molecular formula is C23H24N4. The molecule has 136 valence electrons. The van der Waals surface area contributed by atoms with Crippen molar-refractivity contribution in [2.45, 2.75) is 19.8 Å². The van der Waals surface area contributed by atoms with E-state index in [1.165, 1.54) is 29.5 Å². The number of rotatable bonds is 1. The normalized spacial score (nSPS) is 13.6. The Bertz CT molecular complexity index is 1000. The lowest BCUT2D eigenvalue weighted by molar-refractivity contribution is 0.949. The van der Waals surface area contributed by atoms with Crippen LogP contribution in [0.25, 0.3) is 21.8 Å². The van der Waals surface area contributed by atoms with Crippen molar-refractivity contribution >= 4 is 33.2 Å². The van der Waals surface area contributed by atoms with Gasteiger partial charge in [-0.3, -0.25) is 9.97 Å². The molecule has 2 aromatic carbocycles. The SMILES string of the molecule is Cc1c(N2CCCC2)cc(N)c2cccnc12.c1ccc2ncccc2c1. The first-order valence-corrected chi connectivity index (χ1v) is 9.42. The second kappa shape index (κ2) is 7.62. The molecule has 4 nitrogen and oxygen atoms in total. The summed E-state index contributed by atoms with van der Waals surface area (Å²) in [5.74, 6) is 0. The van der Waals surface area contributed by atoms with Gasteiger partial charge in [-0.05, 0) is 55.7 Å². The van der Waals surface area contributed by atoms with Crippen molar-refractivity contribution in [3.8, 4) is 0 Å². The lowest BCUT2D eigenvalue weighted by Crippen LogP contribution is -2.19. The van der Waals surface area contributed by atoms with E-state index in [0.717, 1.165) is 35.2 Å². The average Bonchev–Trinajstić information content (AvgIpc) is 3.26. The number of pyridine rings is 2. The monoisotopic (exact) mass is 356 g/mol. The van der Waals surface area contributed by atoms with E-state index in [0.29, 0.717) is 0 Å². The Hall–Kier alpha value is -3.14. The molecule has 3 heterocycles. The van der Waals surface area contributed by atoms with Crippen LogP contribution in [0.4, 0.5) is 11.4 Å². The van der Waals surface area contributed by atoms with Gasteiger partial charge >= 0.3 is 0 Å². The summed E-state index contributed by atoms with van der Waals surface area (Å²) >= 11 is 0. The van der Waals surface area contributed by atoms with Crippen molar-refractivity contribution in [1.82, 2.24) is 9.97 Å². The molecule has 1 fully saturated rings. The molecular weight excluding hydrogens is 332 g/mol. The summed E-state index contributed by atoms with van der Waals surface area (Å²) in [6, 6.07) is 18.2. The standard InChI is InChI=1S/C14H17N3.C9H7N/c1-10-13(17-7-2-3-8-17)9-12(15)11-5-4-6-16-14(10)11;1-2-6-9-8(4-1)5-3-7-10-9/h4-6,9H,2-3,7-8,15H2,1H3;1-7H. The molecule has 1 aliphatic rings. The first kappa shape index (κ1) is 17.3. The number of benzene rings is 2. The first-order chi connectivity index (χ1) is 13.2. The number of hydrogen-bond donors (Lipinski definition) is 1. The maximum absolute atomic E-state index is 6.13. The smallest absolute Gasteiger partial charge is 0.0772 e. The van der Waals surface area contributed by atoms with Crippen molar-refractivity contribution in [1.29, 1.82) is 0 Å². The van der Waals surface area contributed by atoms with Crippen LogP contribution in [0.5, 0.6) is 0 Å². The molecule has 2 N–H and O–H groups in total. The van der Waals surface area contributed by atoms with Gasteiger partial charge in [0, 0.05) is 47.6 Å². The van der Waals surface area contributed by atoms with E-state index in [2.05, 4.69) is 40.0 Å². The van der Waals surface area contributed by atoms with E-state index < -0.39 is 0 Å². The zero-order valence-electron chi connectivity index (χ0n) is 15.6. The summed E-state index contributed by atoms with van der Waals surface area (Å²) in [4.78, 5) is 11.1. The largest absolute Gasteiger partial charge is 0.398 e. The van der Waals surface area contributed by atoms with Gasteiger partial charge in [-0.1, -0.05) is 24.3 Å². The predicted molar refractivity (Wildman–Crippen MR) is 114 cm³/mol. The second-order valence-corrected chi connectivity index (χ2v) is 6.90. The molecule has 4 aromatic rings. The van der Waals surface area contributed by atoms with Gasteiger partial charge in [0.25, 0.3) is 0 Å². The number of nitrogens with zero attached hydrogens (tertiary/aromatic N) is 3. The highest BCUT2D eigenvalue weighted by molar-refractivity contribution is 5.96. The first-order valence-electron chi connectivity index (χ1n) is 9.42. The van der Waals surface area contributed by atoms with E-state index >= 15 is 0 Å². The molecule has 1 aliphatic heterocycles. The summed E-state index contributed by atoms with van der Waals surface area (Å²) in [6.45, 7) is 4.42. The summed E-state index contributed by atoms with van der Waals surface area (Å²) in [5.41, 5.74) is 11.6. The van der Waals surface area contributed by atoms with E-state index in [1.807, 2.05) is 48.8 Å². The van der Waals surface area contributed by atoms with Crippen molar-refractivity contribution < 1.29 is 0 Å². The minimum Gasteiger partial charge on any atom is -0.398 e. The molecule has 0 saturated carbocycles. The summed E-state index contributed by atoms with van der Waals surface area (Å²) in [6.07, 6.45) is 6.20. The molecule has 27 heavy (non-hydrogen) atoms. The zero-order chi connectivity index (χ0) is 18.6. The highest BCUT2D eigenvalue weighted by Crippen LogP contribution is 2.33. The van der Waals surface area contributed by atoms with Gasteiger partial charge in [-0.25, -0.2) is 0 Å². The number of fused-ring (bicyclic) bond motifs is 2. The Morgan fingerprint density at radius 2 is 1.59 bits per heavy atom. The molecule has 4 heteroatoms. The average molecular weight is 356 g/mol. The fraction of sp³-hybridized carbons (Fsp3) is 0.217. The molecule has 0 aliphatic carbocycles. The van der Waals surface area contributed by atoms with Crippen molar-refractivity contribution in [3.63, 3.8) is 0 Å². The van der Waals surface area contributed by atoms with E-state index in [4.69, 9.17) is 5.73 Å². The van der Waals surface area contributed by atoms with Crippen LogP contribution in [0.3, 0.4) is 0 Å². The van der Waals surface area contributed by atoms with Crippen LogP contribution in [0, 0.1) is 6.92 Å². The number of aromatic nitrogens is 2. The van der Waals surface area contributed by atoms with Crippen LogP contribution in [0.15, 0.2) is 67.0 Å². The van der Waals surface area contributed by atoms with Crippen LogP contribution >= 0.6 is 0 Å². The van der Waals surface area contributed by atoms with Crippen LogP contribution in [0.1, 0.15) is 18.4 Å². The molecule has 0 unspecified atom stereocenters. The molecule has 0 spiro atoms. The van der Waals surface area contributed by atoms with E-state index in [9.17, 15) is 0 Å². The molecule has 2 aromatic heterocycles. The van der Waals surface area contributed by atoms with Crippen molar-refractivity contribution in [2.75, 3.05) is 23.7 Å². The highest BCUT2D eigenvalue weighted by Gasteiger charge is 2.17. The Labute approximate surface area is 159 Å². The molecule has 0 bridgehead atoms. The number of aryl methyl sites for hydroxylation is 1. The number of anilines is 2. The van der Waals surface area contributed by atoms with E-state index in [-0.39, 0.29) is 0 Å². The van der Waals surface area contributed by atoms with Crippen LogP contribution in [-0.2, 0) is 0 Å². The van der Waals surface area contributed by atoms with Crippen molar-refractivity contribution in [2.24, 2.45) is 0 Å². The van der Waals surface area contributed by atoms with Crippen molar-refractivity contribution in [3.05, 3.63) is 72.6 Å². The van der Waals surface area contributed by atoms with Crippen LogP contribution in [-0.4, -0.2) is 23.1 Å².